The predicted molar refractivity (Wildman–Crippen MR) is 112 cm³/mol. The summed E-state index contributed by atoms with van der Waals surface area (Å²) in [6.45, 7) is 4.01. The minimum Gasteiger partial charge on any atom is -0.492 e. The van der Waals surface area contributed by atoms with Crippen molar-refractivity contribution in [2.24, 2.45) is 4.99 Å². The quantitative estimate of drug-likeness (QED) is 0.237. The third-order valence-electron chi connectivity index (χ3n) is 3.81. The van der Waals surface area contributed by atoms with Gasteiger partial charge in [0.2, 0.25) is 0 Å². The number of benzene rings is 1. The van der Waals surface area contributed by atoms with Crippen molar-refractivity contribution in [3.63, 3.8) is 0 Å². The van der Waals surface area contributed by atoms with Crippen LogP contribution < -0.4 is 15.4 Å². The van der Waals surface area contributed by atoms with E-state index < -0.39 is 0 Å². The van der Waals surface area contributed by atoms with E-state index in [0.717, 1.165) is 48.4 Å². The van der Waals surface area contributed by atoms with Crippen LogP contribution in [0.3, 0.4) is 0 Å². The number of rotatable bonds is 6. The molecule has 0 amide bonds. The van der Waals surface area contributed by atoms with Gasteiger partial charge in [-0.05, 0) is 50.8 Å². The third-order valence-corrected chi connectivity index (χ3v) is 4.30. The minimum atomic E-state index is -0.133. The Morgan fingerprint density at radius 1 is 1.33 bits per heavy atom. The normalized spacial score (nSPS) is 20.9. The molecule has 7 heteroatoms. The van der Waals surface area contributed by atoms with Gasteiger partial charge < -0.3 is 20.5 Å². The molecule has 0 aliphatic heterocycles. The van der Waals surface area contributed by atoms with Crippen LogP contribution in [0.5, 0.6) is 5.75 Å². The van der Waals surface area contributed by atoms with Gasteiger partial charge >= 0.3 is 0 Å². The van der Waals surface area contributed by atoms with Crippen molar-refractivity contribution < 1.29 is 9.84 Å². The molecule has 0 aromatic heterocycles. The van der Waals surface area contributed by atoms with E-state index in [9.17, 15) is 5.11 Å². The molecule has 1 fully saturated rings. The number of nitrogens with zero attached hydrogens (tertiary/aromatic N) is 1. The molecule has 1 aromatic rings. The molecule has 1 saturated carbocycles. The molecule has 1 aliphatic rings. The second-order valence-electron chi connectivity index (χ2n) is 5.72. The van der Waals surface area contributed by atoms with Crippen molar-refractivity contribution in [2.75, 3.05) is 19.7 Å². The number of aliphatic hydroxyl groups excluding tert-OH is 1. The summed E-state index contributed by atoms with van der Waals surface area (Å²) < 4.78 is 6.70. The Balaban J connectivity index is 0.00000288. The van der Waals surface area contributed by atoms with E-state index in [-0.39, 0.29) is 30.1 Å². The molecule has 5 nitrogen and oxygen atoms in total. The number of guanidine groups is 1. The summed E-state index contributed by atoms with van der Waals surface area (Å²) in [7, 11) is 0. The van der Waals surface area contributed by atoms with E-state index >= 15 is 0 Å². The monoisotopic (exact) mass is 511 g/mol. The third kappa shape index (κ3) is 8.02. The number of halogens is 2. The van der Waals surface area contributed by atoms with Gasteiger partial charge in [0, 0.05) is 17.1 Å². The minimum absolute atomic E-state index is 0. The fraction of sp³-hybridized carbons (Fsp3) is 0.588. The average molecular weight is 512 g/mol. The van der Waals surface area contributed by atoms with Crippen LogP contribution >= 0.6 is 39.9 Å². The molecule has 24 heavy (non-hydrogen) atoms. The highest BCUT2D eigenvalue weighted by Crippen LogP contribution is 2.18. The van der Waals surface area contributed by atoms with Crippen LogP contribution in [-0.2, 0) is 0 Å². The maximum Gasteiger partial charge on any atom is 0.191 e. The Kier molecular flexibility index (Phi) is 10.7. The number of hydrogen-bond donors (Lipinski definition) is 3. The van der Waals surface area contributed by atoms with Gasteiger partial charge in [0.25, 0.3) is 0 Å². The maximum atomic E-state index is 9.57. The topological polar surface area (TPSA) is 65.9 Å². The van der Waals surface area contributed by atoms with Gasteiger partial charge in [-0.15, -0.1) is 24.0 Å². The summed E-state index contributed by atoms with van der Waals surface area (Å²) in [4.78, 5) is 4.56. The first-order valence-corrected chi connectivity index (χ1v) is 9.08. The summed E-state index contributed by atoms with van der Waals surface area (Å²) in [6.07, 6.45) is 3.57. The number of ether oxygens (including phenoxy) is 1. The molecule has 0 bridgehead atoms. The first-order chi connectivity index (χ1) is 11.2. The first kappa shape index (κ1) is 21.5. The van der Waals surface area contributed by atoms with E-state index in [1.165, 1.54) is 0 Å². The molecule has 3 N–H and O–H groups in total. The highest BCUT2D eigenvalue weighted by atomic mass is 127. The summed E-state index contributed by atoms with van der Waals surface area (Å²) >= 11 is 3.43. The Morgan fingerprint density at radius 3 is 2.75 bits per heavy atom. The van der Waals surface area contributed by atoms with E-state index in [4.69, 9.17) is 4.74 Å². The molecule has 0 unspecified atom stereocenters. The zero-order valence-corrected chi connectivity index (χ0v) is 17.9. The van der Waals surface area contributed by atoms with Gasteiger partial charge in [-0.1, -0.05) is 22.0 Å². The highest BCUT2D eigenvalue weighted by molar-refractivity contribution is 14.0. The van der Waals surface area contributed by atoms with Gasteiger partial charge in [-0.25, -0.2) is 4.99 Å². The van der Waals surface area contributed by atoms with Gasteiger partial charge in [-0.3, -0.25) is 0 Å². The zero-order valence-electron chi connectivity index (χ0n) is 14.0. The molecular weight excluding hydrogens is 485 g/mol. The first-order valence-electron chi connectivity index (χ1n) is 8.28. The molecule has 0 spiro atoms. The Bertz CT molecular complexity index is 508. The number of hydrogen-bond acceptors (Lipinski definition) is 3. The zero-order chi connectivity index (χ0) is 16.5. The van der Waals surface area contributed by atoms with Gasteiger partial charge in [0.1, 0.15) is 12.4 Å². The van der Waals surface area contributed by atoms with Crippen molar-refractivity contribution >= 4 is 45.9 Å². The summed E-state index contributed by atoms with van der Waals surface area (Å²) in [5.74, 6) is 1.67. The predicted octanol–water partition coefficient (Wildman–Crippen LogP) is 3.30. The van der Waals surface area contributed by atoms with Gasteiger partial charge in [0.05, 0.1) is 12.6 Å². The van der Waals surface area contributed by atoms with Crippen molar-refractivity contribution in [3.8, 4) is 5.75 Å². The van der Waals surface area contributed by atoms with E-state index in [2.05, 4.69) is 38.5 Å². The second-order valence-corrected chi connectivity index (χ2v) is 6.63. The SMILES string of the molecule is CCNC(=NCCOc1cccc(Br)c1)NC1CCC(O)CC1.I. The Morgan fingerprint density at radius 2 is 2.08 bits per heavy atom. The van der Waals surface area contributed by atoms with Crippen LogP contribution in [0, 0.1) is 0 Å². The highest BCUT2D eigenvalue weighted by Gasteiger charge is 2.19. The smallest absolute Gasteiger partial charge is 0.191 e. The molecule has 136 valence electrons. The lowest BCUT2D eigenvalue weighted by molar-refractivity contribution is 0.120. The van der Waals surface area contributed by atoms with Crippen LogP contribution in [-0.4, -0.2) is 42.9 Å². The Hall–Kier alpha value is -0.540. The van der Waals surface area contributed by atoms with Gasteiger partial charge in [-0.2, -0.15) is 0 Å². The summed E-state index contributed by atoms with van der Waals surface area (Å²) in [5.41, 5.74) is 0. The average Bonchev–Trinajstić information content (AvgIpc) is 2.54. The summed E-state index contributed by atoms with van der Waals surface area (Å²) in [6, 6.07) is 8.19. The van der Waals surface area contributed by atoms with Crippen molar-refractivity contribution in [1.29, 1.82) is 0 Å². The van der Waals surface area contributed by atoms with E-state index in [1.54, 1.807) is 0 Å². The van der Waals surface area contributed by atoms with Crippen LogP contribution in [0.15, 0.2) is 33.7 Å². The standard InChI is InChI=1S/C17H26BrN3O2.HI/c1-2-19-17(21-14-6-8-15(22)9-7-14)20-10-11-23-16-5-3-4-13(18)12-16;/h3-5,12,14-15,22H,2,6-11H2,1H3,(H2,19,20,21);1H. The molecule has 0 saturated heterocycles. The lowest BCUT2D eigenvalue weighted by Gasteiger charge is -2.27. The number of nitrogens with one attached hydrogen (secondary N) is 2. The molecule has 2 rings (SSSR count). The summed E-state index contributed by atoms with van der Waals surface area (Å²) in [5, 5.41) is 16.3. The van der Waals surface area contributed by atoms with Crippen molar-refractivity contribution in [3.05, 3.63) is 28.7 Å². The molecular formula is C17H27BrIN3O2. The van der Waals surface area contributed by atoms with E-state index in [0.29, 0.717) is 19.2 Å². The molecule has 0 atom stereocenters. The van der Waals surface area contributed by atoms with Crippen LogP contribution in [0.4, 0.5) is 0 Å². The Labute approximate surface area is 169 Å². The van der Waals surface area contributed by atoms with Crippen molar-refractivity contribution in [2.45, 2.75) is 44.8 Å². The maximum absolute atomic E-state index is 9.57. The fourth-order valence-corrected chi connectivity index (χ4v) is 2.99. The van der Waals surface area contributed by atoms with Crippen LogP contribution in [0.2, 0.25) is 0 Å². The second kappa shape index (κ2) is 11.9. The largest absolute Gasteiger partial charge is 0.492 e. The molecule has 0 heterocycles. The lowest BCUT2D eigenvalue weighted by Crippen LogP contribution is -2.45. The number of aliphatic hydroxyl groups is 1. The lowest BCUT2D eigenvalue weighted by atomic mass is 9.93. The molecule has 1 aliphatic carbocycles. The van der Waals surface area contributed by atoms with Crippen LogP contribution in [0.25, 0.3) is 0 Å². The van der Waals surface area contributed by atoms with Crippen LogP contribution in [0.1, 0.15) is 32.6 Å². The molecule has 0 radical (unpaired) electrons. The van der Waals surface area contributed by atoms with Gasteiger partial charge in [0.15, 0.2) is 5.96 Å². The van der Waals surface area contributed by atoms with E-state index in [1.807, 2.05) is 24.3 Å². The number of aliphatic imine (C=N–C) groups is 1. The molecule has 1 aromatic carbocycles. The van der Waals surface area contributed by atoms with Crippen molar-refractivity contribution in [1.82, 2.24) is 10.6 Å². The fourth-order valence-electron chi connectivity index (χ4n) is 2.61.